The lowest BCUT2D eigenvalue weighted by atomic mass is 10.1. The van der Waals surface area contributed by atoms with Gasteiger partial charge >= 0.3 is 0 Å². The van der Waals surface area contributed by atoms with Crippen LogP contribution in [0.1, 0.15) is 89.9 Å². The van der Waals surface area contributed by atoms with Gasteiger partial charge in [-0.25, -0.2) is 0 Å². The van der Waals surface area contributed by atoms with Crippen molar-refractivity contribution in [3.8, 4) is 166 Å². The third kappa shape index (κ3) is 7.87. The van der Waals surface area contributed by atoms with Crippen molar-refractivity contribution in [2.24, 2.45) is 37.9 Å². The Labute approximate surface area is 292 Å². The minimum Gasteiger partial charge on any atom is -0.0691 e. The maximum absolute atomic E-state index is 3.27. The summed E-state index contributed by atoms with van der Waals surface area (Å²) in [6.45, 7) is 0. The summed E-state index contributed by atoms with van der Waals surface area (Å²) in [6, 6.07) is 0. The van der Waals surface area contributed by atoms with Gasteiger partial charge in [0.1, 0.15) is 0 Å². The van der Waals surface area contributed by atoms with Gasteiger partial charge < -0.3 is 0 Å². The summed E-state index contributed by atoms with van der Waals surface area (Å²) in [7, 11) is 0. The molecule has 0 aliphatic heterocycles. The topological polar surface area (TPSA) is 0 Å². The van der Waals surface area contributed by atoms with E-state index in [1.165, 1.54) is 0 Å². The number of hydrogen-bond donors (Lipinski definition) is 0. The highest BCUT2D eigenvalue weighted by Gasteiger charge is 2.43. The fraction of sp³-hybridized carbons (Fsp3) is 0.429. The molecule has 8 aliphatic carbocycles. The van der Waals surface area contributed by atoms with Crippen molar-refractivity contribution in [2.75, 3.05) is 0 Å². The van der Waals surface area contributed by atoms with Crippen LogP contribution >= 0.6 is 0 Å². The summed E-state index contributed by atoms with van der Waals surface area (Å²) in [6.07, 6.45) is 13.3. The molecule has 0 atom stereocenters. The van der Waals surface area contributed by atoms with Crippen molar-refractivity contribution in [1.29, 1.82) is 0 Å². The summed E-state index contributed by atoms with van der Waals surface area (Å²) in [5.74, 6) is 88.4. The van der Waals surface area contributed by atoms with Gasteiger partial charge in [-0.05, 0) is 173 Å². The van der Waals surface area contributed by atoms with Gasteiger partial charge in [-0.15, -0.1) is 0 Å². The Morgan fingerprint density at radius 3 is 0.286 bits per heavy atom. The maximum Gasteiger partial charge on any atom is 0.0940 e. The predicted molar refractivity (Wildman–Crippen MR) is 191 cm³/mol. The van der Waals surface area contributed by atoms with E-state index in [0.717, 1.165) is 89.9 Å². The summed E-state index contributed by atoms with van der Waals surface area (Å²) in [5.41, 5.74) is -1.98. The van der Waals surface area contributed by atoms with E-state index in [2.05, 4.69) is 166 Å². The molecule has 0 unspecified atom stereocenters. The molecule has 7 saturated carbocycles. The maximum atomic E-state index is 3.27. The Hall–Kier alpha value is -6.16. The Bertz CT molecular complexity index is 1830. The molecule has 0 saturated heterocycles. The smallest absolute Gasteiger partial charge is 0.0691 e. The molecular weight excluding hydrogens is 589 g/mol. The van der Waals surface area contributed by atoms with Gasteiger partial charge in [0.05, 0.1) is 37.9 Å². The molecule has 0 N–H and O–H groups in total. The van der Waals surface area contributed by atoms with Gasteiger partial charge in [-0.2, -0.15) is 0 Å². The molecule has 7 fully saturated rings. The zero-order chi connectivity index (χ0) is 33.2. The van der Waals surface area contributed by atoms with Gasteiger partial charge in [-0.1, -0.05) is 82.9 Å². The SMILES string of the molecule is C1#CC2(C#CC#CC3(C#CC#CC4(C#CC#CC5(C#CC#CC6(C#CC#CC7(C#CC#CC8(C#C1)CC8)CC7)CC6)CC5)CC4)CC3)CC2. The van der Waals surface area contributed by atoms with E-state index in [-0.39, 0.29) is 37.9 Å². The van der Waals surface area contributed by atoms with Crippen LogP contribution in [0.3, 0.4) is 0 Å². The summed E-state index contributed by atoms with van der Waals surface area (Å²) in [4.78, 5) is 0. The van der Waals surface area contributed by atoms with Gasteiger partial charge in [0, 0.05) is 0 Å². The molecule has 49 heavy (non-hydrogen) atoms. The Kier molecular flexibility index (Phi) is 7.10. The molecule has 0 radical (unpaired) electrons. The van der Waals surface area contributed by atoms with E-state index in [1.54, 1.807) is 0 Å². The second-order valence-electron chi connectivity index (χ2n) is 14.6. The normalized spacial score (nSPS) is 25.1. The summed E-state index contributed by atoms with van der Waals surface area (Å²) < 4.78 is 0. The summed E-state index contributed by atoms with van der Waals surface area (Å²) in [5, 5.41) is 0. The van der Waals surface area contributed by atoms with Crippen LogP contribution in [0.4, 0.5) is 0 Å². The Morgan fingerprint density at radius 2 is 0.224 bits per heavy atom. The minimum atomic E-state index is -0.283. The first-order valence-electron chi connectivity index (χ1n) is 17.2. The van der Waals surface area contributed by atoms with Crippen molar-refractivity contribution in [2.45, 2.75) is 89.9 Å². The first kappa shape index (κ1) is 30.2. The highest BCUT2D eigenvalue weighted by molar-refractivity contribution is 5.51. The predicted octanol–water partition coefficient (Wildman–Crippen LogP) is 5.51. The quantitative estimate of drug-likeness (QED) is 0.315. The van der Waals surface area contributed by atoms with E-state index < -0.39 is 0 Å². The highest BCUT2D eigenvalue weighted by atomic mass is 14.4. The Morgan fingerprint density at radius 1 is 0.143 bits per heavy atom. The molecule has 0 heteroatoms. The molecule has 0 nitrogen and oxygen atoms in total. The standard InChI is InChI=1S/C49H28/c1-2-16-44(31-32-44)18-5-6-20-46(35-36-46)22-9-10-24-48(39-40-48)26-13-14-28-49(41-42-49)27-12-11-25-47(37-38-47)23-8-7-21-45(33-34-45)19-4-3-17-43(15-1)29-30-43/h29-42H2. The lowest BCUT2D eigenvalue weighted by Gasteiger charge is -1.92. The third-order valence-electron chi connectivity index (χ3n) is 9.91. The number of hydrogen-bond acceptors (Lipinski definition) is 0. The third-order valence-corrected chi connectivity index (χ3v) is 9.91. The van der Waals surface area contributed by atoms with Crippen LogP contribution in [0, 0.1) is 204 Å². The first-order chi connectivity index (χ1) is 23.9. The molecule has 0 aromatic heterocycles. The molecule has 0 aromatic carbocycles. The van der Waals surface area contributed by atoms with Crippen LogP contribution in [0.25, 0.3) is 0 Å². The molecule has 224 valence electrons. The second-order valence-corrected chi connectivity index (χ2v) is 14.6. The van der Waals surface area contributed by atoms with E-state index in [0.29, 0.717) is 0 Å². The molecule has 0 aromatic rings. The van der Waals surface area contributed by atoms with Crippen molar-refractivity contribution in [1.82, 2.24) is 0 Å². The minimum absolute atomic E-state index is 0.283. The van der Waals surface area contributed by atoms with E-state index in [1.807, 2.05) is 0 Å². The molecule has 8 rings (SSSR count). The van der Waals surface area contributed by atoms with Crippen LogP contribution in [0.2, 0.25) is 0 Å². The van der Waals surface area contributed by atoms with Crippen LogP contribution in [-0.4, -0.2) is 0 Å². The van der Waals surface area contributed by atoms with Gasteiger partial charge in [0.15, 0.2) is 0 Å². The average molecular weight is 617 g/mol. The molecule has 0 bridgehead atoms. The van der Waals surface area contributed by atoms with Crippen molar-refractivity contribution < 1.29 is 0 Å². The average Bonchev–Trinajstić information content (AvgIpc) is 3.88. The zero-order valence-electron chi connectivity index (χ0n) is 27.4. The Balaban J connectivity index is 1.03. The van der Waals surface area contributed by atoms with Crippen LogP contribution in [0.5, 0.6) is 0 Å². The monoisotopic (exact) mass is 616 g/mol. The molecule has 0 amide bonds. The molecular formula is C49H28. The van der Waals surface area contributed by atoms with Crippen LogP contribution in [0.15, 0.2) is 0 Å². The molecule has 0 heterocycles. The second kappa shape index (κ2) is 11.5. The zero-order valence-corrected chi connectivity index (χ0v) is 27.4. The fourth-order valence-corrected chi connectivity index (χ4v) is 4.96. The fourth-order valence-electron chi connectivity index (χ4n) is 4.96. The highest BCUT2D eigenvalue weighted by Crippen LogP contribution is 2.48. The number of rotatable bonds is 0. The lowest BCUT2D eigenvalue weighted by Crippen LogP contribution is -1.92. The van der Waals surface area contributed by atoms with Gasteiger partial charge in [-0.3, -0.25) is 0 Å². The molecule has 7 spiro atoms. The van der Waals surface area contributed by atoms with Gasteiger partial charge in [0.25, 0.3) is 0 Å². The van der Waals surface area contributed by atoms with Crippen molar-refractivity contribution in [3.05, 3.63) is 0 Å². The van der Waals surface area contributed by atoms with E-state index >= 15 is 0 Å². The molecule has 8 aliphatic rings. The lowest BCUT2D eigenvalue weighted by molar-refractivity contribution is 0.937. The van der Waals surface area contributed by atoms with E-state index in [9.17, 15) is 0 Å². The van der Waals surface area contributed by atoms with Crippen LogP contribution < -0.4 is 0 Å². The summed E-state index contributed by atoms with van der Waals surface area (Å²) >= 11 is 0. The van der Waals surface area contributed by atoms with Crippen LogP contribution in [-0.2, 0) is 0 Å². The van der Waals surface area contributed by atoms with Crippen molar-refractivity contribution >= 4 is 0 Å². The van der Waals surface area contributed by atoms with Crippen molar-refractivity contribution in [3.63, 3.8) is 0 Å². The van der Waals surface area contributed by atoms with Gasteiger partial charge in [0.2, 0.25) is 0 Å². The first-order valence-corrected chi connectivity index (χ1v) is 17.2. The van der Waals surface area contributed by atoms with E-state index in [4.69, 9.17) is 0 Å². The largest absolute Gasteiger partial charge is 0.0940 e.